The Hall–Kier alpha value is -4.70. The summed E-state index contributed by atoms with van der Waals surface area (Å²) < 4.78 is 0. The fourth-order valence-corrected chi connectivity index (χ4v) is 5.74. The number of hydrogen-bond donors (Lipinski definition) is 3. The van der Waals surface area contributed by atoms with E-state index in [9.17, 15) is 14.4 Å². The number of amides is 3. The molecule has 10 heteroatoms. The molecule has 44 heavy (non-hydrogen) atoms. The van der Waals surface area contributed by atoms with Crippen LogP contribution in [-0.2, 0) is 9.59 Å². The highest BCUT2D eigenvalue weighted by Crippen LogP contribution is 2.27. The van der Waals surface area contributed by atoms with E-state index in [0.29, 0.717) is 21.4 Å². The molecule has 3 amide bonds. The maximum Gasteiger partial charge on any atom is 0.272 e. The largest absolute Gasteiger partial charge is 0.321 e. The van der Waals surface area contributed by atoms with Crippen LogP contribution in [0.25, 0.3) is 17.3 Å². The summed E-state index contributed by atoms with van der Waals surface area (Å²) in [7, 11) is 0. The molecule has 0 aliphatic heterocycles. The number of hydrogen-bond acceptors (Lipinski definition) is 6. The van der Waals surface area contributed by atoms with Crippen LogP contribution in [0.3, 0.4) is 0 Å². The molecule has 0 spiro atoms. The summed E-state index contributed by atoms with van der Waals surface area (Å²) in [4.78, 5) is 44.2. The van der Waals surface area contributed by atoms with Crippen LogP contribution in [0.5, 0.6) is 0 Å². The molecular weight excluding hydrogens is 612 g/mol. The number of aryl methyl sites for hydroxylation is 1. The van der Waals surface area contributed by atoms with Crippen LogP contribution in [0.2, 0.25) is 5.02 Å². The van der Waals surface area contributed by atoms with Gasteiger partial charge in [-0.05, 0) is 61.0 Å². The molecule has 5 aromatic rings. The number of aromatic nitrogens is 1. The highest BCUT2D eigenvalue weighted by molar-refractivity contribution is 8.00. The number of thioether (sulfide) groups is 1. The Morgan fingerprint density at radius 3 is 2.43 bits per heavy atom. The first-order valence-corrected chi connectivity index (χ1v) is 15.8. The van der Waals surface area contributed by atoms with Gasteiger partial charge in [0.15, 0.2) is 5.13 Å². The van der Waals surface area contributed by atoms with Crippen LogP contribution in [0.4, 0.5) is 10.8 Å². The van der Waals surface area contributed by atoms with Gasteiger partial charge in [-0.2, -0.15) is 0 Å². The summed E-state index contributed by atoms with van der Waals surface area (Å²) >= 11 is 8.64. The molecule has 1 heterocycles. The molecule has 0 saturated carbocycles. The van der Waals surface area contributed by atoms with Crippen molar-refractivity contribution in [3.05, 3.63) is 136 Å². The Morgan fingerprint density at radius 2 is 1.66 bits per heavy atom. The van der Waals surface area contributed by atoms with Gasteiger partial charge in [-0.1, -0.05) is 77.8 Å². The lowest BCUT2D eigenvalue weighted by Crippen LogP contribution is -2.30. The van der Waals surface area contributed by atoms with Crippen LogP contribution in [-0.4, -0.2) is 28.5 Å². The summed E-state index contributed by atoms with van der Waals surface area (Å²) in [6, 6.07) is 30.9. The van der Waals surface area contributed by atoms with Crippen molar-refractivity contribution < 1.29 is 14.4 Å². The van der Waals surface area contributed by atoms with Crippen molar-refractivity contribution in [3.63, 3.8) is 0 Å². The number of benzene rings is 4. The van der Waals surface area contributed by atoms with Gasteiger partial charge in [-0.15, -0.1) is 23.1 Å². The third kappa shape index (κ3) is 8.67. The van der Waals surface area contributed by atoms with E-state index >= 15 is 0 Å². The summed E-state index contributed by atoms with van der Waals surface area (Å²) in [6.07, 6.45) is 1.64. The average molecular weight is 639 g/mol. The van der Waals surface area contributed by atoms with Crippen LogP contribution in [0.1, 0.15) is 21.5 Å². The Bertz CT molecular complexity index is 1820. The van der Waals surface area contributed by atoms with Gasteiger partial charge >= 0.3 is 0 Å². The number of rotatable bonds is 10. The standard InChI is InChI=1S/C34H27ClN4O3S2/c1-22-7-5-8-23(17-22)18-29(37-32(41)25-9-3-2-4-10-25)33(42)36-27-11-6-12-28(19-27)43-21-31(40)39-34-38-30(20-44-34)24-13-15-26(35)16-14-24/h2-20H,21H2,1H3,(H,36,42)(H,37,41)(H,38,39,40)/b29-18+. The van der Waals surface area contributed by atoms with Crippen molar-refractivity contribution in [1.82, 2.24) is 10.3 Å². The molecular formula is C34H27ClN4O3S2. The van der Waals surface area contributed by atoms with Gasteiger partial charge in [0, 0.05) is 32.1 Å². The minimum Gasteiger partial charge on any atom is -0.321 e. The van der Waals surface area contributed by atoms with E-state index in [1.807, 2.05) is 60.8 Å². The number of thiazole rings is 1. The monoisotopic (exact) mass is 638 g/mol. The Morgan fingerprint density at radius 1 is 0.886 bits per heavy atom. The van der Waals surface area contributed by atoms with Crippen LogP contribution in [0.15, 0.2) is 119 Å². The quantitative estimate of drug-likeness (QED) is 0.107. The molecule has 0 atom stereocenters. The topological polar surface area (TPSA) is 100 Å². The molecule has 3 N–H and O–H groups in total. The van der Waals surface area contributed by atoms with Crippen molar-refractivity contribution in [2.45, 2.75) is 11.8 Å². The lowest BCUT2D eigenvalue weighted by atomic mass is 10.1. The molecule has 0 fully saturated rings. The fraction of sp³-hybridized carbons (Fsp3) is 0.0588. The number of carbonyl (C=O) groups excluding carboxylic acids is 3. The van der Waals surface area contributed by atoms with E-state index in [2.05, 4.69) is 20.9 Å². The maximum atomic E-state index is 13.4. The van der Waals surface area contributed by atoms with Crippen molar-refractivity contribution >= 4 is 69.3 Å². The van der Waals surface area contributed by atoms with E-state index in [4.69, 9.17) is 11.6 Å². The second-order valence-electron chi connectivity index (χ2n) is 9.66. The minimum atomic E-state index is -0.476. The molecule has 0 radical (unpaired) electrons. The van der Waals surface area contributed by atoms with E-state index in [-0.39, 0.29) is 17.4 Å². The third-order valence-corrected chi connectivity index (χ3v) is 8.24. The minimum absolute atomic E-state index is 0.100. The molecule has 220 valence electrons. The number of halogens is 1. The van der Waals surface area contributed by atoms with Gasteiger partial charge in [0.2, 0.25) is 5.91 Å². The first-order valence-electron chi connectivity index (χ1n) is 13.5. The second-order valence-corrected chi connectivity index (χ2v) is 12.0. The zero-order valence-corrected chi connectivity index (χ0v) is 25.9. The predicted octanol–water partition coefficient (Wildman–Crippen LogP) is 7.91. The highest BCUT2D eigenvalue weighted by atomic mass is 35.5. The number of carbonyl (C=O) groups is 3. The van der Waals surface area contributed by atoms with Gasteiger partial charge in [0.25, 0.3) is 11.8 Å². The maximum absolute atomic E-state index is 13.4. The normalized spacial score (nSPS) is 11.1. The van der Waals surface area contributed by atoms with Gasteiger partial charge in [0.1, 0.15) is 5.70 Å². The lowest BCUT2D eigenvalue weighted by molar-refractivity contribution is -0.114. The fourth-order valence-electron chi connectivity index (χ4n) is 4.12. The van der Waals surface area contributed by atoms with Crippen LogP contribution in [0, 0.1) is 6.92 Å². The van der Waals surface area contributed by atoms with Crippen molar-refractivity contribution in [3.8, 4) is 11.3 Å². The summed E-state index contributed by atoms with van der Waals surface area (Å²) in [6.45, 7) is 1.96. The molecule has 1 aromatic heterocycles. The van der Waals surface area contributed by atoms with Gasteiger partial charge in [-0.25, -0.2) is 4.98 Å². The number of anilines is 2. The van der Waals surface area contributed by atoms with E-state index < -0.39 is 11.8 Å². The lowest BCUT2D eigenvalue weighted by Gasteiger charge is -2.12. The van der Waals surface area contributed by atoms with Crippen LogP contribution < -0.4 is 16.0 Å². The van der Waals surface area contributed by atoms with Gasteiger partial charge in [0.05, 0.1) is 11.4 Å². The summed E-state index contributed by atoms with van der Waals surface area (Å²) in [5.74, 6) is -0.918. The number of nitrogens with zero attached hydrogens (tertiary/aromatic N) is 1. The molecule has 0 aliphatic rings. The molecule has 0 saturated heterocycles. The predicted molar refractivity (Wildman–Crippen MR) is 180 cm³/mol. The molecule has 0 aliphatic carbocycles. The summed E-state index contributed by atoms with van der Waals surface area (Å²) in [5.41, 5.74) is 4.54. The molecule has 0 unspecified atom stereocenters. The van der Waals surface area contributed by atoms with E-state index in [1.165, 1.54) is 23.1 Å². The van der Waals surface area contributed by atoms with Crippen molar-refractivity contribution in [2.24, 2.45) is 0 Å². The third-order valence-electron chi connectivity index (χ3n) is 6.23. The Balaban J connectivity index is 1.22. The van der Waals surface area contributed by atoms with E-state index in [1.54, 1.807) is 60.7 Å². The Kier molecular flexibility index (Phi) is 10.2. The van der Waals surface area contributed by atoms with E-state index in [0.717, 1.165) is 27.3 Å². The Labute approximate surface area is 268 Å². The summed E-state index contributed by atoms with van der Waals surface area (Å²) in [5, 5.41) is 11.5. The first kappa shape index (κ1) is 30.7. The van der Waals surface area contributed by atoms with Crippen molar-refractivity contribution in [2.75, 3.05) is 16.4 Å². The molecule has 4 aromatic carbocycles. The molecule has 7 nitrogen and oxygen atoms in total. The molecule has 5 rings (SSSR count). The smallest absolute Gasteiger partial charge is 0.272 e. The van der Waals surface area contributed by atoms with Gasteiger partial charge < -0.3 is 16.0 Å². The average Bonchev–Trinajstić information content (AvgIpc) is 3.49. The first-order chi connectivity index (χ1) is 21.3. The second kappa shape index (κ2) is 14.7. The zero-order chi connectivity index (χ0) is 30.9. The zero-order valence-electron chi connectivity index (χ0n) is 23.5. The SMILES string of the molecule is Cc1cccc(/C=C(/NC(=O)c2ccccc2)C(=O)Nc2cccc(SCC(=O)Nc3nc(-c4ccc(Cl)cc4)cs3)c2)c1. The van der Waals surface area contributed by atoms with Crippen molar-refractivity contribution in [1.29, 1.82) is 0 Å². The highest BCUT2D eigenvalue weighted by Gasteiger charge is 2.16. The van der Waals surface area contributed by atoms with Crippen LogP contribution >= 0.6 is 34.7 Å². The number of nitrogens with one attached hydrogen (secondary N) is 3. The van der Waals surface area contributed by atoms with Gasteiger partial charge in [-0.3, -0.25) is 14.4 Å². The molecule has 0 bridgehead atoms.